The van der Waals surface area contributed by atoms with Gasteiger partial charge < -0.3 is 15.8 Å². The van der Waals surface area contributed by atoms with Crippen molar-refractivity contribution in [1.29, 1.82) is 0 Å². The molecular weight excluding hydrogens is 250 g/mol. The molecule has 0 aromatic carbocycles. The number of pyridine rings is 1. The number of nitrogens with two attached hydrogens (primary N) is 1. The van der Waals surface area contributed by atoms with Gasteiger partial charge in [0.2, 0.25) is 5.88 Å². The predicted molar refractivity (Wildman–Crippen MR) is 86.2 cm³/mol. The van der Waals surface area contributed by atoms with Crippen molar-refractivity contribution in [2.24, 2.45) is 5.92 Å². The standard InChI is InChI=1S/C16H29N3O/c1-7-12(8-2)11(3)18-14-10-9-13(17)15(19-14)20-16(4,5)6/h9-12H,7-8,17H2,1-6H3,(H,18,19). The third-order valence-electron chi connectivity index (χ3n) is 3.42. The Morgan fingerprint density at radius 2 is 1.85 bits per heavy atom. The molecule has 0 aliphatic carbocycles. The molecule has 114 valence electrons. The van der Waals surface area contributed by atoms with Gasteiger partial charge in [0.25, 0.3) is 0 Å². The Labute approximate surface area is 123 Å². The maximum absolute atomic E-state index is 5.92. The summed E-state index contributed by atoms with van der Waals surface area (Å²) < 4.78 is 5.79. The van der Waals surface area contributed by atoms with Gasteiger partial charge in [-0.2, -0.15) is 4.98 Å². The average molecular weight is 279 g/mol. The fourth-order valence-electron chi connectivity index (χ4n) is 2.25. The Morgan fingerprint density at radius 1 is 1.25 bits per heavy atom. The van der Waals surface area contributed by atoms with E-state index in [4.69, 9.17) is 10.5 Å². The van der Waals surface area contributed by atoms with E-state index in [-0.39, 0.29) is 5.60 Å². The van der Waals surface area contributed by atoms with Crippen molar-refractivity contribution in [3.63, 3.8) is 0 Å². The summed E-state index contributed by atoms with van der Waals surface area (Å²) in [6.45, 7) is 12.6. The van der Waals surface area contributed by atoms with E-state index in [1.54, 1.807) is 0 Å². The van der Waals surface area contributed by atoms with E-state index in [1.807, 2.05) is 32.9 Å². The van der Waals surface area contributed by atoms with Crippen LogP contribution in [-0.2, 0) is 0 Å². The molecule has 4 nitrogen and oxygen atoms in total. The molecule has 1 heterocycles. The molecule has 1 unspecified atom stereocenters. The highest BCUT2D eigenvalue weighted by Gasteiger charge is 2.17. The van der Waals surface area contributed by atoms with Gasteiger partial charge in [0.1, 0.15) is 11.4 Å². The number of anilines is 2. The summed E-state index contributed by atoms with van der Waals surface area (Å²) in [5.41, 5.74) is 6.19. The van der Waals surface area contributed by atoms with Crippen LogP contribution in [0.25, 0.3) is 0 Å². The van der Waals surface area contributed by atoms with Gasteiger partial charge in [-0.05, 0) is 45.7 Å². The van der Waals surface area contributed by atoms with E-state index in [1.165, 1.54) is 0 Å². The zero-order chi connectivity index (χ0) is 15.3. The number of hydrogen-bond donors (Lipinski definition) is 2. The maximum atomic E-state index is 5.92. The monoisotopic (exact) mass is 279 g/mol. The number of nitrogens with zero attached hydrogens (tertiary/aromatic N) is 1. The summed E-state index contributed by atoms with van der Waals surface area (Å²) in [5.74, 6) is 1.96. The lowest BCUT2D eigenvalue weighted by Gasteiger charge is -2.25. The average Bonchev–Trinajstić information content (AvgIpc) is 2.33. The fraction of sp³-hybridized carbons (Fsp3) is 0.688. The van der Waals surface area contributed by atoms with Gasteiger partial charge in [0.15, 0.2) is 0 Å². The van der Waals surface area contributed by atoms with Crippen molar-refractivity contribution >= 4 is 11.5 Å². The Hall–Kier alpha value is -1.45. The molecule has 0 spiro atoms. The molecule has 3 N–H and O–H groups in total. The number of rotatable bonds is 6. The zero-order valence-electron chi connectivity index (χ0n) is 13.7. The molecule has 0 saturated carbocycles. The fourth-order valence-corrected chi connectivity index (χ4v) is 2.25. The van der Waals surface area contributed by atoms with Gasteiger partial charge in [-0.15, -0.1) is 0 Å². The van der Waals surface area contributed by atoms with Crippen LogP contribution in [0.2, 0.25) is 0 Å². The van der Waals surface area contributed by atoms with Crippen LogP contribution in [0.15, 0.2) is 12.1 Å². The van der Waals surface area contributed by atoms with Gasteiger partial charge in [-0.1, -0.05) is 26.7 Å². The van der Waals surface area contributed by atoms with Crippen LogP contribution in [0, 0.1) is 5.92 Å². The maximum Gasteiger partial charge on any atom is 0.239 e. The van der Waals surface area contributed by atoms with Gasteiger partial charge >= 0.3 is 0 Å². The molecule has 0 aliphatic rings. The number of nitrogens with one attached hydrogen (secondary N) is 1. The van der Waals surface area contributed by atoms with Crippen LogP contribution in [0.5, 0.6) is 5.88 Å². The Morgan fingerprint density at radius 3 is 2.35 bits per heavy atom. The lowest BCUT2D eigenvalue weighted by Crippen LogP contribution is -2.27. The minimum atomic E-state index is -0.305. The molecule has 0 fully saturated rings. The number of nitrogen functional groups attached to an aromatic ring is 1. The van der Waals surface area contributed by atoms with Crippen LogP contribution in [0.1, 0.15) is 54.4 Å². The van der Waals surface area contributed by atoms with Crippen LogP contribution in [-0.4, -0.2) is 16.6 Å². The second-order valence-electron chi connectivity index (χ2n) is 6.31. The zero-order valence-corrected chi connectivity index (χ0v) is 13.7. The van der Waals surface area contributed by atoms with Crippen LogP contribution in [0.4, 0.5) is 11.5 Å². The van der Waals surface area contributed by atoms with E-state index in [2.05, 4.69) is 31.1 Å². The molecule has 4 heteroatoms. The van der Waals surface area contributed by atoms with Crippen molar-refractivity contribution < 1.29 is 4.74 Å². The summed E-state index contributed by atoms with van der Waals surface area (Å²) in [4.78, 5) is 4.49. The largest absolute Gasteiger partial charge is 0.470 e. The van der Waals surface area contributed by atoms with Gasteiger partial charge in [0, 0.05) is 6.04 Å². The van der Waals surface area contributed by atoms with E-state index >= 15 is 0 Å². The predicted octanol–water partition coefficient (Wildman–Crippen LogP) is 4.08. The highest BCUT2D eigenvalue weighted by atomic mass is 16.5. The second kappa shape index (κ2) is 6.82. The topological polar surface area (TPSA) is 60.2 Å². The molecule has 1 aromatic rings. The van der Waals surface area contributed by atoms with Crippen molar-refractivity contribution in [3.05, 3.63) is 12.1 Å². The first-order valence-corrected chi connectivity index (χ1v) is 7.48. The Balaban J connectivity index is 2.84. The second-order valence-corrected chi connectivity index (χ2v) is 6.31. The number of hydrogen-bond acceptors (Lipinski definition) is 4. The van der Waals surface area contributed by atoms with Gasteiger partial charge in [-0.3, -0.25) is 0 Å². The third-order valence-corrected chi connectivity index (χ3v) is 3.42. The number of aromatic nitrogens is 1. The van der Waals surface area contributed by atoms with Gasteiger partial charge in [-0.25, -0.2) is 0 Å². The van der Waals surface area contributed by atoms with Crippen LogP contribution in [0.3, 0.4) is 0 Å². The molecule has 1 aromatic heterocycles. The molecule has 1 rings (SSSR count). The minimum absolute atomic E-state index is 0.305. The first kappa shape index (κ1) is 16.6. The molecule has 20 heavy (non-hydrogen) atoms. The quantitative estimate of drug-likeness (QED) is 0.823. The van der Waals surface area contributed by atoms with Crippen molar-refractivity contribution in [1.82, 2.24) is 4.98 Å². The highest BCUT2D eigenvalue weighted by molar-refractivity contribution is 5.54. The van der Waals surface area contributed by atoms with E-state index in [9.17, 15) is 0 Å². The Kier molecular flexibility index (Phi) is 5.66. The van der Waals surface area contributed by atoms with Gasteiger partial charge in [0.05, 0.1) is 5.69 Å². The lowest BCUT2D eigenvalue weighted by atomic mass is 9.95. The minimum Gasteiger partial charge on any atom is -0.470 e. The highest BCUT2D eigenvalue weighted by Crippen LogP contribution is 2.26. The van der Waals surface area contributed by atoms with Crippen molar-refractivity contribution in [3.8, 4) is 5.88 Å². The van der Waals surface area contributed by atoms with Crippen LogP contribution >= 0.6 is 0 Å². The molecule has 0 radical (unpaired) electrons. The molecule has 0 aliphatic heterocycles. The summed E-state index contributed by atoms with van der Waals surface area (Å²) >= 11 is 0. The first-order chi connectivity index (χ1) is 9.26. The molecule has 0 saturated heterocycles. The number of ether oxygens (including phenoxy) is 1. The van der Waals surface area contributed by atoms with Crippen molar-refractivity contribution in [2.45, 2.75) is 66.0 Å². The summed E-state index contributed by atoms with van der Waals surface area (Å²) in [6, 6.07) is 4.13. The van der Waals surface area contributed by atoms with E-state index in [0.29, 0.717) is 23.5 Å². The molecular formula is C16H29N3O. The molecule has 0 bridgehead atoms. The first-order valence-electron chi connectivity index (χ1n) is 7.48. The van der Waals surface area contributed by atoms with E-state index < -0.39 is 0 Å². The normalized spacial score (nSPS) is 13.3. The van der Waals surface area contributed by atoms with Crippen molar-refractivity contribution in [2.75, 3.05) is 11.1 Å². The summed E-state index contributed by atoms with van der Waals surface area (Å²) in [5, 5.41) is 3.45. The summed E-state index contributed by atoms with van der Waals surface area (Å²) in [7, 11) is 0. The van der Waals surface area contributed by atoms with Crippen LogP contribution < -0.4 is 15.8 Å². The molecule has 0 amide bonds. The lowest BCUT2D eigenvalue weighted by molar-refractivity contribution is 0.125. The SMILES string of the molecule is CCC(CC)C(C)Nc1ccc(N)c(OC(C)(C)C)n1. The van der Waals surface area contributed by atoms with E-state index in [0.717, 1.165) is 18.7 Å². The Bertz CT molecular complexity index is 422. The smallest absolute Gasteiger partial charge is 0.239 e. The molecule has 1 atom stereocenters. The third kappa shape index (κ3) is 4.91. The summed E-state index contributed by atoms with van der Waals surface area (Å²) in [6.07, 6.45) is 2.32.